The Balaban J connectivity index is 1.77. The first-order valence-corrected chi connectivity index (χ1v) is 11.8. The Morgan fingerprint density at radius 1 is 0.839 bits per heavy atom. The van der Waals surface area contributed by atoms with Gasteiger partial charge in [-0.25, -0.2) is 22.0 Å². The Labute approximate surface area is 180 Å². The van der Waals surface area contributed by atoms with E-state index in [9.17, 15) is 21.6 Å². The van der Waals surface area contributed by atoms with Crippen LogP contribution < -0.4 is 19.9 Å². The van der Waals surface area contributed by atoms with Crippen molar-refractivity contribution in [3.05, 3.63) is 78.4 Å². The van der Waals surface area contributed by atoms with Crippen LogP contribution >= 0.6 is 0 Å². The molecule has 0 heterocycles. The number of carbonyl (C=O) groups excluding carboxylic acids is 1. The van der Waals surface area contributed by atoms with Crippen molar-refractivity contribution in [2.24, 2.45) is 5.14 Å². The SMILES string of the molecule is COc1ccc(NS(=O)(=O)c2cccc(C(=O)Nc3ccc(S(N)(=O)=O)cc3)c2)cc1. The van der Waals surface area contributed by atoms with Gasteiger partial charge >= 0.3 is 0 Å². The van der Waals surface area contributed by atoms with Gasteiger partial charge in [0.1, 0.15) is 5.75 Å². The van der Waals surface area contributed by atoms with E-state index in [4.69, 9.17) is 9.88 Å². The zero-order valence-corrected chi connectivity index (χ0v) is 17.9. The number of hydrogen-bond acceptors (Lipinski definition) is 6. The summed E-state index contributed by atoms with van der Waals surface area (Å²) in [5, 5.41) is 7.62. The van der Waals surface area contributed by atoms with Gasteiger partial charge in [-0.2, -0.15) is 0 Å². The number of sulfonamides is 2. The van der Waals surface area contributed by atoms with Crippen LogP contribution in [0.1, 0.15) is 10.4 Å². The first kappa shape index (κ1) is 22.3. The van der Waals surface area contributed by atoms with Crippen LogP contribution in [0.4, 0.5) is 11.4 Å². The molecule has 0 aliphatic heterocycles. The van der Waals surface area contributed by atoms with Gasteiger partial charge in [0.25, 0.3) is 15.9 Å². The van der Waals surface area contributed by atoms with Gasteiger partial charge in [0.05, 0.1) is 16.9 Å². The van der Waals surface area contributed by atoms with Crippen LogP contribution in [0.5, 0.6) is 5.75 Å². The first-order valence-electron chi connectivity index (χ1n) is 8.80. The Morgan fingerprint density at radius 2 is 1.45 bits per heavy atom. The molecule has 1 amide bonds. The predicted molar refractivity (Wildman–Crippen MR) is 116 cm³/mol. The van der Waals surface area contributed by atoms with Gasteiger partial charge in [0.2, 0.25) is 10.0 Å². The molecule has 31 heavy (non-hydrogen) atoms. The summed E-state index contributed by atoms with van der Waals surface area (Å²) in [7, 11) is -6.28. The van der Waals surface area contributed by atoms with Crippen molar-refractivity contribution in [1.82, 2.24) is 0 Å². The minimum Gasteiger partial charge on any atom is -0.497 e. The Morgan fingerprint density at radius 3 is 2.03 bits per heavy atom. The average molecular weight is 462 g/mol. The van der Waals surface area contributed by atoms with Crippen LogP contribution in [0, 0.1) is 0 Å². The van der Waals surface area contributed by atoms with Crippen LogP contribution in [0.25, 0.3) is 0 Å². The van der Waals surface area contributed by atoms with Crippen molar-refractivity contribution in [2.45, 2.75) is 9.79 Å². The normalized spacial score (nSPS) is 11.5. The summed E-state index contributed by atoms with van der Waals surface area (Å²) in [5.74, 6) is 0.0172. The largest absolute Gasteiger partial charge is 0.497 e. The summed E-state index contributed by atoms with van der Waals surface area (Å²) in [6.07, 6.45) is 0. The maximum atomic E-state index is 12.7. The van der Waals surface area contributed by atoms with Gasteiger partial charge in [-0.15, -0.1) is 0 Å². The van der Waals surface area contributed by atoms with E-state index in [1.54, 1.807) is 24.3 Å². The van der Waals surface area contributed by atoms with Gasteiger partial charge in [0.15, 0.2) is 0 Å². The van der Waals surface area contributed by atoms with Crippen LogP contribution in [-0.2, 0) is 20.0 Å². The minimum absolute atomic E-state index is 0.0943. The number of primary sulfonamides is 1. The number of ether oxygens (including phenoxy) is 1. The van der Waals surface area contributed by atoms with E-state index in [1.807, 2.05) is 0 Å². The van der Waals surface area contributed by atoms with Crippen LogP contribution in [0.2, 0.25) is 0 Å². The third-order valence-corrected chi connectivity index (χ3v) is 6.50. The lowest BCUT2D eigenvalue weighted by molar-refractivity contribution is 0.102. The van der Waals surface area contributed by atoms with Gasteiger partial charge in [-0.05, 0) is 66.7 Å². The molecule has 0 aromatic heterocycles. The predicted octanol–water partition coefficient (Wildman–Crippen LogP) is 2.40. The van der Waals surface area contributed by atoms with Crippen molar-refractivity contribution < 1.29 is 26.4 Å². The number of nitrogens with one attached hydrogen (secondary N) is 2. The van der Waals surface area contributed by atoms with Crippen molar-refractivity contribution in [1.29, 1.82) is 0 Å². The second-order valence-corrected chi connectivity index (χ2v) is 9.63. The fraction of sp³-hybridized carbons (Fsp3) is 0.0500. The molecule has 0 atom stereocenters. The molecule has 3 aromatic carbocycles. The average Bonchev–Trinajstić information content (AvgIpc) is 2.74. The lowest BCUT2D eigenvalue weighted by atomic mass is 10.2. The molecule has 0 radical (unpaired) electrons. The summed E-state index contributed by atoms with van der Waals surface area (Å²) < 4.78 is 55.4. The first-order chi connectivity index (χ1) is 14.6. The van der Waals surface area contributed by atoms with Crippen LogP contribution in [0.15, 0.2) is 82.6 Å². The highest BCUT2D eigenvalue weighted by Gasteiger charge is 2.17. The van der Waals surface area contributed by atoms with Gasteiger partial charge in [-0.3, -0.25) is 9.52 Å². The molecule has 0 bridgehead atoms. The van der Waals surface area contributed by atoms with Crippen LogP contribution in [-0.4, -0.2) is 29.9 Å². The fourth-order valence-electron chi connectivity index (χ4n) is 2.61. The summed E-state index contributed by atoms with van der Waals surface area (Å²) in [5.41, 5.74) is 0.765. The number of methoxy groups -OCH3 is 1. The van der Waals surface area contributed by atoms with Crippen molar-refractivity contribution in [3.63, 3.8) is 0 Å². The zero-order valence-electron chi connectivity index (χ0n) is 16.3. The highest BCUT2D eigenvalue weighted by atomic mass is 32.2. The van der Waals surface area contributed by atoms with E-state index in [2.05, 4.69) is 10.0 Å². The van der Waals surface area contributed by atoms with E-state index in [0.717, 1.165) is 0 Å². The Hall–Kier alpha value is -3.41. The van der Waals surface area contributed by atoms with E-state index in [-0.39, 0.29) is 15.4 Å². The standard InChI is InChI=1S/C20H19N3O6S2/c1-29-17-9-5-16(6-10-17)23-31(27,28)19-4-2-3-14(13-19)20(24)22-15-7-11-18(12-8-15)30(21,25)26/h2-13,23H,1H3,(H,22,24)(H2,21,25,26). The Bertz CT molecular complexity index is 1300. The number of rotatable bonds is 7. The molecule has 162 valence electrons. The molecule has 0 fully saturated rings. The summed E-state index contributed by atoms with van der Waals surface area (Å²) in [6, 6.07) is 17.1. The van der Waals surface area contributed by atoms with E-state index in [0.29, 0.717) is 17.1 Å². The molecule has 0 aliphatic rings. The molecule has 0 spiro atoms. The third kappa shape index (κ3) is 5.60. The fourth-order valence-corrected chi connectivity index (χ4v) is 4.23. The van der Waals surface area contributed by atoms with Crippen molar-refractivity contribution >= 4 is 37.3 Å². The molecular weight excluding hydrogens is 442 g/mol. The maximum absolute atomic E-state index is 12.7. The number of carbonyl (C=O) groups is 1. The summed E-state index contributed by atoms with van der Waals surface area (Å²) in [4.78, 5) is 12.3. The second kappa shape index (κ2) is 8.76. The highest BCUT2D eigenvalue weighted by Crippen LogP contribution is 2.21. The number of amides is 1. The lowest BCUT2D eigenvalue weighted by Crippen LogP contribution is -2.16. The molecule has 4 N–H and O–H groups in total. The molecular formula is C20H19N3O6S2. The van der Waals surface area contributed by atoms with E-state index in [1.165, 1.54) is 55.6 Å². The molecule has 0 aliphatic carbocycles. The molecule has 11 heteroatoms. The molecule has 0 unspecified atom stereocenters. The van der Waals surface area contributed by atoms with Gasteiger partial charge < -0.3 is 10.1 Å². The Kier molecular flexibility index (Phi) is 6.29. The van der Waals surface area contributed by atoms with Gasteiger partial charge in [-0.1, -0.05) is 6.07 Å². The van der Waals surface area contributed by atoms with E-state index >= 15 is 0 Å². The lowest BCUT2D eigenvalue weighted by Gasteiger charge is -2.10. The topological polar surface area (TPSA) is 145 Å². The maximum Gasteiger partial charge on any atom is 0.261 e. The molecule has 9 nitrogen and oxygen atoms in total. The summed E-state index contributed by atoms with van der Waals surface area (Å²) >= 11 is 0. The zero-order chi connectivity index (χ0) is 22.6. The number of nitrogens with two attached hydrogens (primary N) is 1. The minimum atomic E-state index is -3.94. The third-order valence-electron chi connectivity index (χ3n) is 4.19. The second-order valence-electron chi connectivity index (χ2n) is 6.39. The molecule has 0 saturated carbocycles. The summed E-state index contributed by atoms with van der Waals surface area (Å²) in [6.45, 7) is 0. The number of hydrogen-bond donors (Lipinski definition) is 3. The molecule has 3 aromatic rings. The number of anilines is 2. The monoisotopic (exact) mass is 461 g/mol. The highest BCUT2D eigenvalue weighted by molar-refractivity contribution is 7.92. The number of benzene rings is 3. The molecule has 3 rings (SSSR count). The quantitative estimate of drug-likeness (QED) is 0.493. The van der Waals surface area contributed by atoms with Crippen molar-refractivity contribution in [3.8, 4) is 5.75 Å². The van der Waals surface area contributed by atoms with E-state index < -0.39 is 26.0 Å². The van der Waals surface area contributed by atoms with Crippen LogP contribution in [0.3, 0.4) is 0 Å². The molecule has 0 saturated heterocycles. The smallest absolute Gasteiger partial charge is 0.261 e. The van der Waals surface area contributed by atoms with Gasteiger partial charge in [0, 0.05) is 16.9 Å². The van der Waals surface area contributed by atoms with Crippen molar-refractivity contribution in [2.75, 3.05) is 17.1 Å².